The molecule has 4 aromatic rings. The van der Waals surface area contributed by atoms with Crippen LogP contribution in [0.3, 0.4) is 0 Å². The molecule has 12 heteroatoms. The van der Waals surface area contributed by atoms with E-state index in [0.717, 1.165) is 31.2 Å². The average molecular weight is 593 g/mol. The molecule has 0 aromatic carbocycles. The number of allylic oxidation sites excluding steroid dienone is 2. The van der Waals surface area contributed by atoms with Gasteiger partial charge in [0.15, 0.2) is 0 Å². The van der Waals surface area contributed by atoms with Gasteiger partial charge in [-0.15, -0.1) is 22.7 Å². The predicted molar refractivity (Wildman–Crippen MR) is 162 cm³/mol. The molecule has 0 saturated heterocycles. The molecule has 0 unspecified atom stereocenters. The van der Waals surface area contributed by atoms with Crippen LogP contribution in [0.5, 0.6) is 0 Å². The highest BCUT2D eigenvalue weighted by atomic mass is 32.1. The molecule has 2 aliphatic carbocycles. The molecule has 0 amide bonds. The zero-order valence-corrected chi connectivity index (χ0v) is 24.8. The number of hydrogen-bond donors (Lipinski definition) is 0. The van der Waals surface area contributed by atoms with Gasteiger partial charge in [-0.3, -0.25) is 0 Å². The highest BCUT2D eigenvalue weighted by molar-refractivity contribution is 7.25. The summed E-state index contributed by atoms with van der Waals surface area (Å²) in [7, 11) is 0. The monoisotopic (exact) mass is 592 g/mol. The van der Waals surface area contributed by atoms with Crippen molar-refractivity contribution in [3.05, 3.63) is 68.2 Å². The summed E-state index contributed by atoms with van der Waals surface area (Å²) in [4.78, 5) is 29.1. The summed E-state index contributed by atoms with van der Waals surface area (Å²) >= 11 is 6.18. The lowest BCUT2D eigenvalue weighted by Gasteiger charge is -2.21. The molecule has 0 fully saturated rings. The lowest BCUT2D eigenvalue weighted by Crippen LogP contribution is -2.18. The van der Waals surface area contributed by atoms with Gasteiger partial charge < -0.3 is 9.69 Å². The Kier molecular flexibility index (Phi) is 5.92. The van der Waals surface area contributed by atoms with Gasteiger partial charge in [0.05, 0.1) is 30.9 Å². The minimum Gasteiger partial charge on any atom is -0.351 e. The molecule has 192 valence electrons. The Morgan fingerprint density at radius 1 is 0.725 bits per heavy atom. The fourth-order valence-electron chi connectivity index (χ4n) is 5.06. The first-order valence-corrected chi connectivity index (χ1v) is 15.1. The van der Waals surface area contributed by atoms with Crippen LogP contribution in [0.4, 0.5) is 10.0 Å². The van der Waals surface area contributed by atoms with E-state index in [9.17, 15) is 0 Å². The summed E-state index contributed by atoms with van der Waals surface area (Å²) in [6, 6.07) is 11.1. The van der Waals surface area contributed by atoms with Crippen LogP contribution in [0.25, 0.3) is 40.6 Å². The van der Waals surface area contributed by atoms with Gasteiger partial charge in [0.25, 0.3) is 0 Å². The molecular formula is C28H16N8S4. The maximum atomic E-state index is 9.04. The summed E-state index contributed by atoms with van der Waals surface area (Å²) in [6.07, 6.45) is 0. The number of aliphatic imine (C=N–C) groups is 2. The number of aromatic nitrogens is 2. The number of thiazole rings is 2. The standard InChI is InChI=1S/C28H16N8S4/c1-27(2)19-20(22-23(27)35-25(40-22)13-7-9-17(37-13)33-15(11-29)31-5)28(3,4)24-21(19)39-26(36-24)14-8-10-18(38-14)34-16(12-30)32-6/h7-10H,1-4H3. The summed E-state index contributed by atoms with van der Waals surface area (Å²) in [5.41, 5.74) is 4.03. The molecule has 6 rings (SSSR count). The molecule has 0 radical (unpaired) electrons. The van der Waals surface area contributed by atoms with Gasteiger partial charge in [0, 0.05) is 10.8 Å². The van der Waals surface area contributed by atoms with E-state index in [1.165, 1.54) is 43.6 Å². The van der Waals surface area contributed by atoms with Gasteiger partial charge >= 0.3 is 11.7 Å². The van der Waals surface area contributed by atoms with Crippen molar-refractivity contribution in [3.63, 3.8) is 0 Å². The van der Waals surface area contributed by atoms with Crippen molar-refractivity contribution in [1.29, 1.82) is 10.5 Å². The van der Waals surface area contributed by atoms with Crippen LogP contribution < -0.4 is 0 Å². The minimum atomic E-state index is -0.315. The Balaban J connectivity index is 1.40. The van der Waals surface area contributed by atoms with Crippen molar-refractivity contribution in [2.24, 2.45) is 9.98 Å². The molecule has 0 atom stereocenters. The lowest BCUT2D eigenvalue weighted by atomic mass is 9.84. The number of nitriles is 2. The van der Waals surface area contributed by atoms with E-state index in [1.54, 1.807) is 22.7 Å². The number of amidine groups is 2. The number of thiophene rings is 2. The van der Waals surface area contributed by atoms with Gasteiger partial charge in [-0.1, -0.05) is 73.5 Å². The molecule has 0 spiro atoms. The average Bonchev–Trinajstić information content (AvgIpc) is 3.75. The maximum Gasteiger partial charge on any atom is 0.350 e. The van der Waals surface area contributed by atoms with Gasteiger partial charge in [-0.05, 0) is 35.4 Å². The second-order valence-electron chi connectivity index (χ2n) is 9.99. The highest BCUT2D eigenvalue weighted by Gasteiger charge is 2.54. The maximum absolute atomic E-state index is 9.04. The highest BCUT2D eigenvalue weighted by Crippen LogP contribution is 2.65. The van der Waals surface area contributed by atoms with Crippen molar-refractivity contribution in [2.75, 3.05) is 0 Å². The fraction of sp³-hybridized carbons (Fsp3) is 0.214. The third kappa shape index (κ3) is 3.78. The van der Waals surface area contributed by atoms with E-state index >= 15 is 0 Å². The summed E-state index contributed by atoms with van der Waals surface area (Å²) in [6.45, 7) is 23.0. The van der Waals surface area contributed by atoms with E-state index in [4.69, 9.17) is 33.6 Å². The second kappa shape index (κ2) is 9.13. The molecule has 0 N–H and O–H groups in total. The first-order valence-electron chi connectivity index (χ1n) is 11.8. The van der Waals surface area contributed by atoms with Crippen LogP contribution in [0, 0.1) is 35.8 Å². The number of nitrogens with zero attached hydrogens (tertiary/aromatic N) is 8. The van der Waals surface area contributed by atoms with Crippen LogP contribution in [0.2, 0.25) is 0 Å². The summed E-state index contributed by atoms with van der Waals surface area (Å²) in [5.74, 6) is -0.364. The molecule has 8 nitrogen and oxygen atoms in total. The van der Waals surface area contributed by atoms with Crippen molar-refractivity contribution in [2.45, 2.75) is 38.5 Å². The minimum absolute atomic E-state index is 0.182. The van der Waals surface area contributed by atoms with Crippen LogP contribution in [-0.4, -0.2) is 21.6 Å². The van der Waals surface area contributed by atoms with E-state index in [-0.39, 0.29) is 22.5 Å². The Morgan fingerprint density at radius 2 is 1.12 bits per heavy atom. The Bertz CT molecular complexity index is 1830. The van der Waals surface area contributed by atoms with Crippen LogP contribution in [0.15, 0.2) is 34.3 Å². The topological polar surface area (TPSA) is 107 Å². The molecule has 4 aromatic heterocycles. The largest absolute Gasteiger partial charge is 0.351 e. The third-order valence-corrected chi connectivity index (χ3v) is 11.3. The molecular weight excluding hydrogens is 577 g/mol. The predicted octanol–water partition coefficient (Wildman–Crippen LogP) is 8.50. The van der Waals surface area contributed by atoms with E-state index < -0.39 is 0 Å². The fourth-order valence-corrected chi connectivity index (χ4v) is 9.79. The third-order valence-electron chi connectivity index (χ3n) is 6.84. The molecule has 2 aliphatic rings. The van der Waals surface area contributed by atoms with Crippen molar-refractivity contribution < 1.29 is 0 Å². The van der Waals surface area contributed by atoms with Crippen molar-refractivity contribution >= 4 is 78.2 Å². The SMILES string of the molecule is [C-]#[N+]C(C#N)=Nc1ccc(-c2nc3c(s2)C2=C(c4sc(-c5ccc(N=C(C#N)[N+]#[C-])s5)nc4C2(C)C)C3(C)C)s1. The number of hydrogen-bond acceptors (Lipinski definition) is 10. The first kappa shape index (κ1) is 26.0. The molecule has 0 bridgehead atoms. The quantitative estimate of drug-likeness (QED) is 0.134. The first-order chi connectivity index (χ1) is 19.1. The summed E-state index contributed by atoms with van der Waals surface area (Å²) in [5, 5.41) is 21.1. The molecule has 0 aliphatic heterocycles. The van der Waals surface area contributed by atoms with Gasteiger partial charge in [-0.2, -0.15) is 0 Å². The Morgan fingerprint density at radius 3 is 1.48 bits per heavy atom. The summed E-state index contributed by atoms with van der Waals surface area (Å²) < 4.78 is 0. The van der Waals surface area contributed by atoms with Gasteiger partial charge in [0.1, 0.15) is 22.2 Å². The second-order valence-corrected chi connectivity index (χ2v) is 14.1. The van der Waals surface area contributed by atoms with Crippen LogP contribution in [-0.2, 0) is 10.8 Å². The zero-order valence-electron chi connectivity index (χ0n) is 21.5. The Labute approximate surface area is 246 Å². The smallest absolute Gasteiger partial charge is 0.350 e. The van der Waals surface area contributed by atoms with Crippen molar-refractivity contribution in [3.8, 4) is 31.9 Å². The van der Waals surface area contributed by atoms with E-state index in [0.29, 0.717) is 10.0 Å². The molecule has 40 heavy (non-hydrogen) atoms. The normalized spacial score (nSPS) is 16.5. The van der Waals surface area contributed by atoms with Gasteiger partial charge in [0.2, 0.25) is 10.0 Å². The van der Waals surface area contributed by atoms with Gasteiger partial charge in [-0.25, -0.2) is 20.5 Å². The lowest BCUT2D eigenvalue weighted by molar-refractivity contribution is 0.674. The Hall–Kier alpha value is -4.30. The molecule has 0 saturated carbocycles. The van der Waals surface area contributed by atoms with E-state index in [1.807, 2.05) is 36.4 Å². The molecule has 4 heterocycles. The number of fused-ring (bicyclic) bond motifs is 4. The van der Waals surface area contributed by atoms with E-state index in [2.05, 4.69) is 47.4 Å². The van der Waals surface area contributed by atoms with Crippen molar-refractivity contribution in [1.82, 2.24) is 9.97 Å². The van der Waals surface area contributed by atoms with Crippen LogP contribution >= 0.6 is 45.3 Å². The van der Waals surface area contributed by atoms with Crippen LogP contribution in [0.1, 0.15) is 48.8 Å². The zero-order chi connectivity index (χ0) is 28.4. The number of rotatable bonds is 4.